The normalized spacial score (nSPS) is 13.1. The van der Waals surface area contributed by atoms with Gasteiger partial charge in [0.2, 0.25) is 10.0 Å². The first-order valence-corrected chi connectivity index (χ1v) is 18.8. The van der Waals surface area contributed by atoms with Crippen molar-refractivity contribution in [3.05, 3.63) is 99.3 Å². The van der Waals surface area contributed by atoms with E-state index in [9.17, 15) is 22.7 Å². The predicted molar refractivity (Wildman–Crippen MR) is 193 cm³/mol. The van der Waals surface area contributed by atoms with E-state index in [1.165, 1.54) is 26.2 Å². The van der Waals surface area contributed by atoms with Crippen LogP contribution in [0.3, 0.4) is 0 Å². The Morgan fingerprint density at radius 2 is 1.74 bits per heavy atom. The molecule has 0 unspecified atom stereocenters. The molecule has 0 saturated heterocycles. The predicted octanol–water partition coefficient (Wildman–Crippen LogP) is 7.64. The van der Waals surface area contributed by atoms with Gasteiger partial charge in [0.1, 0.15) is 23.4 Å². The Kier molecular flexibility index (Phi) is 12.3. The van der Waals surface area contributed by atoms with Gasteiger partial charge in [-0.1, -0.05) is 54.9 Å². The van der Waals surface area contributed by atoms with Crippen molar-refractivity contribution in [2.75, 3.05) is 41.3 Å². The van der Waals surface area contributed by atoms with Crippen molar-refractivity contribution < 1.29 is 36.3 Å². The maximum Gasteiger partial charge on any atom is 0.321 e. The minimum atomic E-state index is -4.44. The summed E-state index contributed by atoms with van der Waals surface area (Å²) in [6.07, 6.45) is 2.08. The summed E-state index contributed by atoms with van der Waals surface area (Å²) in [5.74, 6) is -2.14. The van der Waals surface area contributed by atoms with E-state index in [1.807, 2.05) is 51.7 Å². The molecule has 0 amide bonds. The largest absolute Gasteiger partial charge is 0.495 e. The smallest absolute Gasteiger partial charge is 0.321 e. The molecular weight excluding hydrogens is 729 g/mol. The molecule has 0 aliphatic carbocycles. The molecule has 1 atom stereocenters. The van der Waals surface area contributed by atoms with Gasteiger partial charge in [0, 0.05) is 40.4 Å². The van der Waals surface area contributed by atoms with Crippen LogP contribution in [0.4, 0.5) is 8.78 Å². The summed E-state index contributed by atoms with van der Waals surface area (Å²) < 4.78 is 65.8. The van der Waals surface area contributed by atoms with Crippen LogP contribution in [0.15, 0.2) is 70.8 Å². The van der Waals surface area contributed by atoms with Crippen molar-refractivity contribution in [2.45, 2.75) is 54.5 Å². The summed E-state index contributed by atoms with van der Waals surface area (Å²) in [6.45, 7) is 5.78. The number of imidazole rings is 1. The third-order valence-electron chi connectivity index (χ3n) is 8.39. The lowest BCUT2D eigenvalue weighted by Gasteiger charge is -2.29. The molecule has 50 heavy (non-hydrogen) atoms. The molecule has 9 nitrogen and oxygen atoms in total. The molecule has 0 aliphatic heterocycles. The Bertz CT molecular complexity index is 1940. The molecule has 0 radical (unpaired) electrons. The zero-order valence-electron chi connectivity index (χ0n) is 28.9. The van der Waals surface area contributed by atoms with Crippen LogP contribution in [0, 0.1) is 11.6 Å². The number of methoxy groups -OCH3 is 1. The number of hydrogen-bond donors (Lipinski definition) is 1. The van der Waals surface area contributed by atoms with Crippen LogP contribution in [0.2, 0.25) is 10.0 Å². The number of carboxylic acids is 1. The van der Waals surface area contributed by atoms with Crippen molar-refractivity contribution in [1.82, 2.24) is 13.9 Å². The molecule has 4 aromatic rings. The molecule has 1 heterocycles. The van der Waals surface area contributed by atoms with Gasteiger partial charge in [0.15, 0.2) is 5.16 Å². The first-order valence-electron chi connectivity index (χ1n) is 15.6. The monoisotopic (exact) mass is 769 g/mol. The van der Waals surface area contributed by atoms with Gasteiger partial charge in [0.25, 0.3) is 0 Å². The number of aliphatic carboxylic acids is 1. The van der Waals surface area contributed by atoms with Gasteiger partial charge in [-0.05, 0) is 61.0 Å². The average molecular weight is 771 g/mol. The highest BCUT2D eigenvalue weighted by Gasteiger charge is 2.35. The summed E-state index contributed by atoms with van der Waals surface area (Å²) in [6, 6.07) is 12.0. The average Bonchev–Trinajstić information content (AvgIpc) is 3.47. The molecule has 15 heteroatoms. The molecule has 0 aliphatic rings. The first-order chi connectivity index (χ1) is 23.3. The van der Waals surface area contributed by atoms with E-state index in [4.69, 9.17) is 27.9 Å². The Balaban J connectivity index is 1.70. The van der Waals surface area contributed by atoms with Gasteiger partial charge in [-0.25, -0.2) is 22.2 Å². The number of carbonyl (C=O) groups is 1. The number of benzene rings is 3. The van der Waals surface area contributed by atoms with E-state index in [0.717, 1.165) is 39.5 Å². The molecular formula is C35H41Cl2F2N4O5S2+. The second-order valence-corrected chi connectivity index (χ2v) is 17.0. The summed E-state index contributed by atoms with van der Waals surface area (Å²) in [5.41, 5.74) is 1.59. The van der Waals surface area contributed by atoms with Crippen LogP contribution >= 0.6 is 35.0 Å². The molecule has 0 spiro atoms. The van der Waals surface area contributed by atoms with Gasteiger partial charge in [0.05, 0.1) is 56.6 Å². The van der Waals surface area contributed by atoms with Crippen molar-refractivity contribution >= 4 is 51.0 Å². The number of rotatable bonds is 15. The van der Waals surface area contributed by atoms with Crippen LogP contribution in [0.25, 0.3) is 5.69 Å². The maximum atomic E-state index is 15.8. The van der Waals surface area contributed by atoms with Crippen LogP contribution in [0.1, 0.15) is 44.0 Å². The molecule has 3 aromatic carbocycles. The molecule has 1 N–H and O–H groups in total. The number of hydrogen-bond acceptors (Lipinski definition) is 6. The van der Waals surface area contributed by atoms with E-state index in [1.54, 1.807) is 24.4 Å². The van der Waals surface area contributed by atoms with Crippen LogP contribution < -0.4 is 4.74 Å². The van der Waals surface area contributed by atoms with Crippen molar-refractivity contribution in [2.24, 2.45) is 0 Å². The van der Waals surface area contributed by atoms with E-state index in [-0.39, 0.29) is 22.9 Å². The fraction of sp³-hybridized carbons (Fsp3) is 0.371. The number of sulfonamides is 1. The lowest BCUT2D eigenvalue weighted by atomic mass is 9.81. The molecule has 1 aromatic heterocycles. The molecule has 270 valence electrons. The van der Waals surface area contributed by atoms with Gasteiger partial charge in [-0.2, -0.15) is 4.31 Å². The number of ether oxygens (including phenoxy) is 1. The number of carboxylic acid groups (broad SMARTS) is 1. The van der Waals surface area contributed by atoms with Gasteiger partial charge in [-0.3, -0.25) is 9.36 Å². The zero-order chi connectivity index (χ0) is 37.2. The van der Waals surface area contributed by atoms with E-state index >= 15 is 4.39 Å². The Hall–Kier alpha value is -3.20. The summed E-state index contributed by atoms with van der Waals surface area (Å²) in [7, 11) is 2.92. The Labute approximate surface area is 306 Å². The maximum absolute atomic E-state index is 15.8. The minimum absolute atomic E-state index is 0.0312. The highest BCUT2D eigenvalue weighted by molar-refractivity contribution is 7.98. The number of quaternary nitrogens is 1. The minimum Gasteiger partial charge on any atom is -0.495 e. The van der Waals surface area contributed by atoms with E-state index in [2.05, 4.69) is 4.98 Å². The summed E-state index contributed by atoms with van der Waals surface area (Å²) >= 11 is 14.0. The standard InChI is InChI=1S/C35H40Cl2F2N4O5S2/c1-22(33(44)45)41(15-8-16-43(4,5)6)50(46,47)26-18-29(37)27(30(39)19-26)21-49-34-40-20-32(42(34)25-12-10-24(38)11-13-25)35(2,3)23-9-14-28(36)31(17-23)48-7/h9-14,17-20,22H,8,15-16,21H2,1-7H3/p+1/t22-/m1/s1. The third-order valence-corrected chi connectivity index (χ3v) is 12.0. The lowest BCUT2D eigenvalue weighted by Crippen LogP contribution is -2.45. The number of nitrogens with zero attached hydrogens (tertiary/aromatic N) is 4. The second-order valence-electron chi connectivity index (χ2n) is 13.4. The van der Waals surface area contributed by atoms with Crippen molar-refractivity contribution in [3.8, 4) is 11.4 Å². The van der Waals surface area contributed by atoms with E-state index < -0.39 is 44.0 Å². The summed E-state index contributed by atoms with van der Waals surface area (Å²) in [5, 5.41) is 10.4. The first kappa shape index (κ1) is 39.6. The van der Waals surface area contributed by atoms with Crippen LogP contribution in [0.5, 0.6) is 5.75 Å². The fourth-order valence-corrected chi connectivity index (χ4v) is 8.70. The zero-order valence-corrected chi connectivity index (χ0v) is 32.0. The summed E-state index contributed by atoms with van der Waals surface area (Å²) in [4.78, 5) is 16.1. The Morgan fingerprint density at radius 3 is 2.32 bits per heavy atom. The number of thioether (sulfide) groups is 1. The molecule has 0 bridgehead atoms. The SMILES string of the molecule is COc1cc(C(C)(C)c2cnc(SCc3c(F)cc(S(=O)(=O)N(CCC[N+](C)(C)C)[C@H](C)C(=O)O)cc3Cl)n2-c2ccc(F)cc2)ccc1Cl. The highest BCUT2D eigenvalue weighted by Crippen LogP contribution is 2.40. The lowest BCUT2D eigenvalue weighted by molar-refractivity contribution is -0.870. The fourth-order valence-electron chi connectivity index (χ4n) is 5.40. The van der Waals surface area contributed by atoms with E-state index in [0.29, 0.717) is 39.1 Å². The quantitative estimate of drug-likeness (QED) is 0.0980. The third kappa shape index (κ3) is 8.80. The number of halogens is 4. The van der Waals surface area contributed by atoms with Crippen molar-refractivity contribution in [1.29, 1.82) is 0 Å². The van der Waals surface area contributed by atoms with Gasteiger partial charge >= 0.3 is 5.97 Å². The molecule has 0 saturated carbocycles. The molecule has 4 rings (SSSR count). The van der Waals surface area contributed by atoms with Crippen LogP contribution in [-0.4, -0.2) is 85.2 Å². The molecule has 0 fully saturated rings. The second kappa shape index (κ2) is 15.6. The Morgan fingerprint density at radius 1 is 1.08 bits per heavy atom. The van der Waals surface area contributed by atoms with Gasteiger partial charge in [-0.15, -0.1) is 0 Å². The topological polar surface area (TPSA) is 102 Å². The number of aromatic nitrogens is 2. The van der Waals surface area contributed by atoms with Crippen LogP contribution in [-0.2, 0) is 26.0 Å². The highest BCUT2D eigenvalue weighted by atomic mass is 35.5. The van der Waals surface area contributed by atoms with Gasteiger partial charge < -0.3 is 14.3 Å². The van der Waals surface area contributed by atoms with Crippen molar-refractivity contribution in [3.63, 3.8) is 0 Å².